The number of amides is 2. The summed E-state index contributed by atoms with van der Waals surface area (Å²) in [5.41, 5.74) is 4.64. The Hall–Kier alpha value is -3.67. The number of oxime groups is 1. The molecule has 0 bridgehead atoms. The minimum Gasteiger partial charge on any atom is -0.393 e. The van der Waals surface area contributed by atoms with Gasteiger partial charge in [-0.1, -0.05) is 35.5 Å². The lowest BCUT2D eigenvalue weighted by atomic mass is 10.1. The third-order valence-electron chi connectivity index (χ3n) is 4.85. The van der Waals surface area contributed by atoms with E-state index in [9.17, 15) is 9.59 Å². The van der Waals surface area contributed by atoms with Gasteiger partial charge in [-0.2, -0.15) is 0 Å². The van der Waals surface area contributed by atoms with E-state index >= 15 is 0 Å². The Balaban J connectivity index is 1.32. The topological polar surface area (TPSA) is 63.9 Å². The van der Waals surface area contributed by atoms with Gasteiger partial charge in [0.25, 0.3) is 11.8 Å². The van der Waals surface area contributed by atoms with E-state index in [0.717, 1.165) is 22.7 Å². The summed E-state index contributed by atoms with van der Waals surface area (Å²) in [7, 11) is 0. The first-order valence-corrected chi connectivity index (χ1v) is 8.68. The van der Waals surface area contributed by atoms with Gasteiger partial charge in [0, 0.05) is 11.8 Å². The van der Waals surface area contributed by atoms with Gasteiger partial charge < -0.3 is 9.40 Å². The highest BCUT2D eigenvalue weighted by Gasteiger charge is 2.34. The Morgan fingerprint density at radius 3 is 2.22 bits per heavy atom. The summed E-state index contributed by atoms with van der Waals surface area (Å²) >= 11 is 0. The highest BCUT2D eigenvalue weighted by Crippen LogP contribution is 2.28. The van der Waals surface area contributed by atoms with Gasteiger partial charge in [0.05, 0.1) is 29.1 Å². The van der Waals surface area contributed by atoms with Crippen LogP contribution in [0.1, 0.15) is 32.0 Å². The van der Waals surface area contributed by atoms with Crippen molar-refractivity contribution < 1.29 is 14.4 Å². The van der Waals surface area contributed by atoms with E-state index in [1.807, 2.05) is 42.6 Å². The van der Waals surface area contributed by atoms with Crippen LogP contribution in [-0.2, 0) is 4.84 Å². The number of fused-ring (bicyclic) bond motifs is 4. The van der Waals surface area contributed by atoms with Crippen molar-refractivity contribution in [2.24, 2.45) is 5.16 Å². The number of aromatic nitrogens is 1. The molecule has 0 unspecified atom stereocenters. The van der Waals surface area contributed by atoms with Gasteiger partial charge in [-0.05, 0) is 30.3 Å². The van der Waals surface area contributed by atoms with E-state index in [0.29, 0.717) is 11.1 Å². The molecule has 0 saturated carbocycles. The minimum atomic E-state index is -0.285. The Labute approximate surface area is 155 Å². The van der Waals surface area contributed by atoms with E-state index in [1.54, 1.807) is 24.3 Å². The quantitative estimate of drug-likeness (QED) is 0.320. The second-order valence-corrected chi connectivity index (χ2v) is 6.36. The molecule has 0 N–H and O–H groups in total. The standard InChI is InChI=1S/C21H15N3O3/c25-20-14-6-1-2-7-15(14)21(26)24(20)12-13-27-22-19-16-8-3-4-9-17(16)23-11-5-10-18(19)23/h1-11H,12-13H2. The first-order chi connectivity index (χ1) is 13.3. The third-order valence-corrected chi connectivity index (χ3v) is 4.85. The lowest BCUT2D eigenvalue weighted by Gasteiger charge is -2.12. The number of hydrogen-bond donors (Lipinski definition) is 0. The SMILES string of the molecule is O=C1c2ccccc2C(=O)N1CCON=C1c2ccccc2-n2cccc21. The summed E-state index contributed by atoms with van der Waals surface area (Å²) < 4.78 is 2.06. The fourth-order valence-electron chi connectivity index (χ4n) is 3.59. The van der Waals surface area contributed by atoms with Crippen LogP contribution in [-0.4, -0.2) is 40.1 Å². The molecular formula is C21H15N3O3. The van der Waals surface area contributed by atoms with Gasteiger partial charge in [0.2, 0.25) is 0 Å². The first kappa shape index (κ1) is 15.6. The van der Waals surface area contributed by atoms with E-state index < -0.39 is 0 Å². The van der Waals surface area contributed by atoms with Gasteiger partial charge in [0.15, 0.2) is 0 Å². The maximum atomic E-state index is 12.4. The van der Waals surface area contributed by atoms with Crippen LogP contribution in [0.25, 0.3) is 5.69 Å². The molecule has 1 aromatic heterocycles. The Morgan fingerprint density at radius 1 is 0.815 bits per heavy atom. The van der Waals surface area contributed by atoms with Crippen molar-refractivity contribution in [1.29, 1.82) is 0 Å². The molecule has 132 valence electrons. The molecule has 0 fully saturated rings. The molecule has 2 aliphatic rings. The lowest BCUT2D eigenvalue weighted by molar-refractivity contribution is 0.0571. The normalized spacial score (nSPS) is 15.9. The van der Waals surface area contributed by atoms with Crippen molar-refractivity contribution in [3.63, 3.8) is 0 Å². The molecule has 3 heterocycles. The van der Waals surface area contributed by atoms with Crippen LogP contribution in [0, 0.1) is 0 Å². The summed E-state index contributed by atoms with van der Waals surface area (Å²) in [4.78, 5) is 31.4. The summed E-state index contributed by atoms with van der Waals surface area (Å²) in [5.74, 6) is -0.570. The molecule has 6 nitrogen and oxygen atoms in total. The molecular weight excluding hydrogens is 342 g/mol. The molecule has 0 radical (unpaired) electrons. The van der Waals surface area contributed by atoms with Crippen LogP contribution in [0.2, 0.25) is 0 Å². The zero-order valence-corrected chi connectivity index (χ0v) is 14.3. The fraction of sp³-hybridized carbons (Fsp3) is 0.0952. The molecule has 5 rings (SSSR count). The van der Waals surface area contributed by atoms with Crippen LogP contribution in [0.3, 0.4) is 0 Å². The second-order valence-electron chi connectivity index (χ2n) is 6.36. The summed E-state index contributed by atoms with van der Waals surface area (Å²) in [5, 5.41) is 4.28. The molecule has 3 aromatic rings. The Morgan fingerprint density at radius 2 is 1.48 bits per heavy atom. The highest BCUT2D eigenvalue weighted by molar-refractivity contribution is 6.21. The van der Waals surface area contributed by atoms with E-state index in [-0.39, 0.29) is 25.0 Å². The zero-order valence-electron chi connectivity index (χ0n) is 14.3. The lowest BCUT2D eigenvalue weighted by Crippen LogP contribution is -2.32. The second kappa shape index (κ2) is 5.95. The molecule has 2 aliphatic heterocycles. The van der Waals surface area contributed by atoms with Gasteiger partial charge in [-0.3, -0.25) is 14.5 Å². The molecule has 0 aliphatic carbocycles. The molecule has 2 amide bonds. The number of carbonyl (C=O) groups is 2. The van der Waals surface area contributed by atoms with E-state index in [1.165, 1.54) is 4.90 Å². The summed E-state index contributed by atoms with van der Waals surface area (Å²) in [6.07, 6.45) is 1.98. The van der Waals surface area contributed by atoms with Crippen LogP contribution >= 0.6 is 0 Å². The van der Waals surface area contributed by atoms with Crippen molar-refractivity contribution in [2.45, 2.75) is 0 Å². The van der Waals surface area contributed by atoms with Crippen molar-refractivity contribution in [3.8, 4) is 5.69 Å². The first-order valence-electron chi connectivity index (χ1n) is 8.68. The number of hydrogen-bond acceptors (Lipinski definition) is 4. The Bertz CT molecular complexity index is 1080. The molecule has 6 heteroatoms. The number of rotatable bonds is 4. The van der Waals surface area contributed by atoms with E-state index in [4.69, 9.17) is 4.84 Å². The Kier molecular flexibility index (Phi) is 3.43. The van der Waals surface area contributed by atoms with Crippen LogP contribution in [0.15, 0.2) is 72.0 Å². The molecule has 0 atom stereocenters. The monoisotopic (exact) mass is 357 g/mol. The molecule has 2 aromatic carbocycles. The predicted molar refractivity (Wildman–Crippen MR) is 99.2 cm³/mol. The number of nitrogens with zero attached hydrogens (tertiary/aromatic N) is 3. The average molecular weight is 357 g/mol. The van der Waals surface area contributed by atoms with Gasteiger partial charge >= 0.3 is 0 Å². The number of carbonyl (C=O) groups excluding carboxylic acids is 2. The summed E-state index contributed by atoms with van der Waals surface area (Å²) in [6, 6.07) is 18.7. The fourth-order valence-corrected chi connectivity index (χ4v) is 3.59. The van der Waals surface area contributed by atoms with E-state index in [2.05, 4.69) is 9.72 Å². The van der Waals surface area contributed by atoms with Crippen molar-refractivity contribution in [3.05, 3.63) is 89.2 Å². The van der Waals surface area contributed by atoms with Crippen molar-refractivity contribution in [1.82, 2.24) is 9.47 Å². The van der Waals surface area contributed by atoms with Crippen molar-refractivity contribution in [2.75, 3.05) is 13.2 Å². The third kappa shape index (κ3) is 2.30. The van der Waals surface area contributed by atoms with Crippen LogP contribution in [0.4, 0.5) is 0 Å². The predicted octanol–water partition coefficient (Wildman–Crippen LogP) is 2.86. The van der Waals surface area contributed by atoms with Crippen molar-refractivity contribution >= 4 is 17.5 Å². The minimum absolute atomic E-state index is 0.137. The van der Waals surface area contributed by atoms with Gasteiger partial charge in [-0.25, -0.2) is 0 Å². The smallest absolute Gasteiger partial charge is 0.261 e. The largest absolute Gasteiger partial charge is 0.393 e. The molecule has 27 heavy (non-hydrogen) atoms. The number of para-hydroxylation sites is 1. The van der Waals surface area contributed by atoms with Crippen LogP contribution < -0.4 is 0 Å². The number of imide groups is 1. The highest BCUT2D eigenvalue weighted by atomic mass is 16.6. The molecule has 0 saturated heterocycles. The van der Waals surface area contributed by atoms with Gasteiger partial charge in [-0.15, -0.1) is 0 Å². The maximum Gasteiger partial charge on any atom is 0.261 e. The maximum absolute atomic E-state index is 12.4. The summed E-state index contributed by atoms with van der Waals surface area (Å²) in [6.45, 7) is 0.295. The van der Waals surface area contributed by atoms with Crippen LogP contribution in [0.5, 0.6) is 0 Å². The zero-order chi connectivity index (χ0) is 18.4. The average Bonchev–Trinajstić information content (AvgIpc) is 3.35. The van der Waals surface area contributed by atoms with Gasteiger partial charge in [0.1, 0.15) is 12.3 Å². The number of benzene rings is 2. The molecule has 0 spiro atoms.